The molecular formula is C28H24O4. The Balaban J connectivity index is 1.98. The second-order valence-corrected chi connectivity index (χ2v) is 7.38. The van der Waals surface area contributed by atoms with E-state index in [0.29, 0.717) is 22.6 Å². The van der Waals surface area contributed by atoms with E-state index < -0.39 is 0 Å². The van der Waals surface area contributed by atoms with Gasteiger partial charge in [-0.25, -0.2) is 0 Å². The van der Waals surface area contributed by atoms with Crippen molar-refractivity contribution in [2.24, 2.45) is 0 Å². The van der Waals surface area contributed by atoms with Crippen molar-refractivity contribution >= 4 is 0 Å². The molecule has 0 fully saturated rings. The van der Waals surface area contributed by atoms with E-state index in [2.05, 4.69) is 24.3 Å². The molecule has 0 aliphatic heterocycles. The Morgan fingerprint density at radius 1 is 0.531 bits per heavy atom. The van der Waals surface area contributed by atoms with Crippen LogP contribution in [0.15, 0.2) is 84.9 Å². The van der Waals surface area contributed by atoms with E-state index in [9.17, 15) is 0 Å². The summed E-state index contributed by atoms with van der Waals surface area (Å²) >= 11 is 0. The first-order valence-corrected chi connectivity index (χ1v) is 10.4. The lowest BCUT2D eigenvalue weighted by atomic mass is 9.80. The summed E-state index contributed by atoms with van der Waals surface area (Å²) in [7, 11) is 3.09. The van der Waals surface area contributed by atoms with Crippen molar-refractivity contribution in [1.82, 2.24) is 0 Å². The fraction of sp³-hybridized carbons (Fsp3) is 0.143. The molecule has 0 atom stereocenters. The largest absolute Gasteiger partial charge is 0.467 e. The Labute approximate surface area is 190 Å². The topological polar surface area (TPSA) is 36.9 Å². The zero-order valence-electron chi connectivity index (χ0n) is 20.0. The summed E-state index contributed by atoms with van der Waals surface area (Å²) in [6, 6.07) is 24.2. The van der Waals surface area contributed by atoms with Crippen LogP contribution in [0.4, 0.5) is 0 Å². The monoisotopic (exact) mass is 426 g/mol. The number of hydrogen-bond donors (Lipinski definition) is 0. The van der Waals surface area contributed by atoms with Crippen molar-refractivity contribution in [2.45, 2.75) is 0 Å². The fourth-order valence-corrected chi connectivity index (χ4v) is 4.27. The lowest BCUT2D eigenvalue weighted by Gasteiger charge is -2.26. The van der Waals surface area contributed by atoms with Gasteiger partial charge in [-0.15, -0.1) is 0 Å². The lowest BCUT2D eigenvalue weighted by Crippen LogP contribution is -2.06. The van der Waals surface area contributed by atoms with E-state index >= 15 is 0 Å². The van der Waals surface area contributed by atoms with Crippen molar-refractivity contribution < 1.29 is 21.7 Å². The van der Waals surface area contributed by atoms with Crippen LogP contribution in [-0.4, -0.2) is 27.8 Å². The fourth-order valence-electron chi connectivity index (χ4n) is 4.27. The third kappa shape index (κ3) is 3.44. The van der Waals surface area contributed by atoms with Gasteiger partial charge in [0.1, 0.15) is 11.5 Å². The second kappa shape index (κ2) is 8.87. The van der Waals surface area contributed by atoms with Crippen LogP contribution in [0.3, 0.4) is 0 Å². The highest BCUT2D eigenvalue weighted by molar-refractivity contribution is 6.06. The van der Waals surface area contributed by atoms with Gasteiger partial charge in [0.25, 0.3) is 0 Å². The van der Waals surface area contributed by atoms with E-state index in [1.807, 2.05) is 36.4 Å². The van der Waals surface area contributed by atoms with E-state index in [1.165, 1.54) is 0 Å². The summed E-state index contributed by atoms with van der Waals surface area (Å²) in [5.74, 6) is 0.755. The smallest absolute Gasteiger partial charge is 0.188 e. The maximum Gasteiger partial charge on any atom is 0.188 e. The summed E-state index contributed by atoms with van der Waals surface area (Å²) < 4.78 is 39.6. The van der Waals surface area contributed by atoms with E-state index in [0.717, 1.165) is 33.4 Å². The molecule has 5 rings (SSSR count). The Kier molecular flexibility index (Phi) is 4.99. The number of rotatable bonds is 6. The van der Waals surface area contributed by atoms with Gasteiger partial charge in [-0.3, -0.25) is 0 Å². The predicted octanol–water partition coefficient (Wildman–Crippen LogP) is 6.63. The van der Waals surface area contributed by atoms with Crippen LogP contribution in [0.2, 0.25) is 0 Å². The quantitative estimate of drug-likeness (QED) is 0.286. The summed E-state index contributed by atoms with van der Waals surface area (Å²) in [4.78, 5) is 0. The van der Waals surface area contributed by atoms with Crippen molar-refractivity contribution in [3.63, 3.8) is 0 Å². The first-order valence-electron chi connectivity index (χ1n) is 11.4. The van der Waals surface area contributed by atoms with Gasteiger partial charge in [-0.1, -0.05) is 72.8 Å². The maximum atomic E-state index is 8.65. The van der Waals surface area contributed by atoms with Gasteiger partial charge in [0.2, 0.25) is 0 Å². The molecule has 1 aliphatic carbocycles. The van der Waals surface area contributed by atoms with Crippen LogP contribution in [-0.2, 0) is 9.47 Å². The minimum absolute atomic E-state index is 0.00920. The highest BCUT2D eigenvalue weighted by Gasteiger charge is 2.26. The molecule has 0 saturated carbocycles. The summed E-state index contributed by atoms with van der Waals surface area (Å²) in [5.41, 5.74) is 7.34. The van der Waals surface area contributed by atoms with Gasteiger partial charge >= 0.3 is 0 Å². The molecule has 0 saturated heterocycles. The van der Waals surface area contributed by atoms with Crippen molar-refractivity contribution in [1.29, 1.82) is 0 Å². The molecule has 4 nitrogen and oxygen atoms in total. The van der Waals surface area contributed by atoms with Gasteiger partial charge in [0.15, 0.2) is 13.6 Å². The third-order valence-electron chi connectivity index (χ3n) is 5.54. The third-order valence-corrected chi connectivity index (χ3v) is 5.54. The Morgan fingerprint density at radius 2 is 0.875 bits per heavy atom. The van der Waals surface area contributed by atoms with Crippen LogP contribution in [0.5, 0.6) is 11.5 Å². The van der Waals surface area contributed by atoms with Crippen molar-refractivity contribution in [3.05, 3.63) is 84.9 Å². The number of methoxy groups -OCH3 is 2. The molecule has 0 N–H and O–H groups in total. The second-order valence-electron chi connectivity index (χ2n) is 7.38. The minimum atomic E-state index is -0.00920. The van der Waals surface area contributed by atoms with E-state index in [1.54, 1.807) is 26.4 Å². The number of hydrogen-bond acceptors (Lipinski definition) is 4. The molecule has 4 aromatic rings. The minimum Gasteiger partial charge on any atom is -0.467 e. The van der Waals surface area contributed by atoms with E-state index in [4.69, 9.17) is 21.7 Å². The average molecular weight is 427 g/mol. The molecule has 160 valence electrons. The highest BCUT2D eigenvalue weighted by atomic mass is 16.7. The molecule has 0 amide bonds. The molecule has 4 heteroatoms. The van der Waals surface area contributed by atoms with Gasteiger partial charge in [-0.2, -0.15) is 0 Å². The Morgan fingerprint density at radius 3 is 1.25 bits per heavy atom. The molecule has 0 radical (unpaired) electrons. The van der Waals surface area contributed by atoms with Crippen LogP contribution in [0.1, 0.15) is 2.74 Å². The molecule has 0 unspecified atom stereocenters. The first-order chi connectivity index (χ1) is 16.7. The maximum absolute atomic E-state index is 8.65. The molecule has 32 heavy (non-hydrogen) atoms. The van der Waals surface area contributed by atoms with Crippen LogP contribution < -0.4 is 9.47 Å². The lowest BCUT2D eigenvalue weighted by molar-refractivity contribution is 0.0501. The van der Waals surface area contributed by atoms with E-state index in [-0.39, 0.29) is 25.7 Å². The SMILES string of the molecule is [2H]c1ccc2c(c1OCOC)-c1c(ccc([2H])c1OCOC)-c1ccccc1-c1ccccc1-2. The molecule has 0 heterocycles. The van der Waals surface area contributed by atoms with Crippen LogP contribution in [0.25, 0.3) is 44.5 Å². The summed E-state index contributed by atoms with van der Waals surface area (Å²) in [5, 5.41) is 0. The van der Waals surface area contributed by atoms with Gasteiger partial charge in [0.05, 0.1) is 2.74 Å². The molecule has 1 aliphatic rings. The van der Waals surface area contributed by atoms with Crippen LogP contribution in [0, 0.1) is 0 Å². The zero-order chi connectivity index (χ0) is 23.7. The average Bonchev–Trinajstić information content (AvgIpc) is 2.86. The van der Waals surface area contributed by atoms with Gasteiger partial charge in [0, 0.05) is 25.3 Å². The summed E-state index contributed by atoms with van der Waals surface area (Å²) in [6.45, 7) is -0.0184. The number of ether oxygens (including phenoxy) is 4. The molecule has 0 aromatic heterocycles. The number of fused-ring (bicyclic) bond motifs is 8. The molecule has 0 spiro atoms. The first kappa shape index (κ1) is 18.0. The Bertz CT molecular complexity index is 1260. The number of benzene rings is 4. The van der Waals surface area contributed by atoms with Crippen molar-refractivity contribution in [3.8, 4) is 56.0 Å². The zero-order valence-corrected chi connectivity index (χ0v) is 18.0. The van der Waals surface area contributed by atoms with Gasteiger partial charge in [-0.05, 0) is 45.5 Å². The predicted molar refractivity (Wildman–Crippen MR) is 127 cm³/mol. The van der Waals surface area contributed by atoms with Crippen molar-refractivity contribution in [2.75, 3.05) is 27.8 Å². The molecule has 0 bridgehead atoms. The highest BCUT2D eigenvalue weighted by Crippen LogP contribution is 2.53. The normalized spacial score (nSPS) is 12.2. The summed E-state index contributed by atoms with van der Waals surface area (Å²) in [6.07, 6.45) is 0. The molecule has 4 aromatic carbocycles. The Hall–Kier alpha value is -3.60. The molecular weight excluding hydrogens is 400 g/mol. The standard InChI is InChI=1S/C28H24O4/c1-29-17-31-25-15-7-13-23-21-11-5-3-9-19(21)20-10-4-6-12-22(20)24-14-8-16-26(32-18-30-2)28(24)27(23)25/h3-16H,17-18H2,1-2H3/i15D,16D. The van der Waals surface area contributed by atoms with Crippen LogP contribution >= 0.6 is 0 Å². The van der Waals surface area contributed by atoms with Gasteiger partial charge < -0.3 is 18.9 Å².